The second-order valence-electron chi connectivity index (χ2n) is 33.5. The minimum absolute atomic E-state index is 0.0306. The van der Waals surface area contributed by atoms with E-state index in [0.717, 1.165) is 47.0 Å². The van der Waals surface area contributed by atoms with E-state index in [1.165, 1.54) is 108 Å². The molecule has 0 amide bonds. The number of anilines is 7. The van der Waals surface area contributed by atoms with Crippen LogP contribution >= 0.6 is 45.6 Å². The molecule has 27 atom stereocenters. The van der Waals surface area contributed by atoms with Crippen molar-refractivity contribution in [2.24, 2.45) is 0 Å². The van der Waals surface area contributed by atoms with Crippen molar-refractivity contribution in [3.63, 3.8) is 0 Å². The first-order valence-electron chi connectivity index (χ1n) is 42.7. The van der Waals surface area contributed by atoms with Gasteiger partial charge in [-0.25, -0.2) is 74.2 Å². The maximum Gasteiger partial charge on any atom is 0.351 e. The Labute approximate surface area is 778 Å². The molecule has 16 N–H and O–H groups in total. The predicted molar refractivity (Wildman–Crippen MR) is 477 cm³/mol. The van der Waals surface area contributed by atoms with Crippen molar-refractivity contribution in [1.29, 1.82) is 0 Å². The molecule has 0 bridgehead atoms. The predicted octanol–water partition coefficient (Wildman–Crippen LogP) is 2.91. The van der Waals surface area contributed by atoms with E-state index in [9.17, 15) is 38.3 Å². The van der Waals surface area contributed by atoms with Gasteiger partial charge in [0.1, 0.15) is 151 Å². The summed E-state index contributed by atoms with van der Waals surface area (Å²) in [5, 5.41) is 21.5. The van der Waals surface area contributed by atoms with Crippen molar-refractivity contribution >= 4 is 131 Å². The number of hydrogen-bond acceptors (Lipinski definition) is 52. The van der Waals surface area contributed by atoms with Crippen LogP contribution in [0.2, 0.25) is 0 Å². The molecule has 0 aliphatic carbocycles. The van der Waals surface area contributed by atoms with Gasteiger partial charge < -0.3 is 138 Å². The van der Waals surface area contributed by atoms with E-state index in [-0.39, 0.29) is 119 Å². The fourth-order valence-corrected chi connectivity index (χ4v) is 24.2. The van der Waals surface area contributed by atoms with Crippen LogP contribution in [0.25, 0.3) is 44.7 Å². The highest BCUT2D eigenvalue weighted by Gasteiger charge is 2.52. The lowest BCUT2D eigenvalue weighted by molar-refractivity contribution is -0.0555. The van der Waals surface area contributed by atoms with Gasteiger partial charge in [0.25, 0.3) is 0 Å². The Bertz CT molecular complexity index is 6860. The van der Waals surface area contributed by atoms with Gasteiger partial charge in [-0.3, -0.25) is 59.4 Å². The fourth-order valence-electron chi connectivity index (χ4n) is 17.0. The van der Waals surface area contributed by atoms with Crippen molar-refractivity contribution in [3.8, 4) is 0 Å². The maximum atomic E-state index is 15.3. The number of fused-ring (bicyclic) bond motifs is 4. The van der Waals surface area contributed by atoms with Gasteiger partial charge in [-0.15, -0.1) is 0 Å². The Morgan fingerprint density at radius 1 is 0.312 bits per heavy atom. The number of aromatic nitrogens is 22. The summed E-state index contributed by atoms with van der Waals surface area (Å²) in [6, 6.07) is 4.07. The average molecular weight is 2050 g/mol. The third kappa shape index (κ3) is 21.7. The summed E-state index contributed by atoms with van der Waals surface area (Å²) >= 11 is 0. The molecule has 18 rings (SSSR count). The summed E-state index contributed by atoms with van der Waals surface area (Å²) in [5.74, 6) is 0.00159. The molecule has 138 heavy (non-hydrogen) atoms. The zero-order valence-corrected chi connectivity index (χ0v) is 79.4. The van der Waals surface area contributed by atoms with Crippen LogP contribution in [0.1, 0.15) is 88.5 Å². The summed E-state index contributed by atoms with van der Waals surface area (Å²) < 4.78 is 217. The number of imidazole rings is 4. The number of rotatable bonds is 38. The lowest BCUT2D eigenvalue weighted by Gasteiger charge is -2.28. The van der Waals surface area contributed by atoms with Crippen molar-refractivity contribution < 1.29 is 125 Å². The minimum atomic E-state index is -4.45. The highest BCUT2D eigenvalue weighted by molar-refractivity contribution is 7.54. The van der Waals surface area contributed by atoms with Crippen molar-refractivity contribution in [2.45, 2.75) is 174 Å². The van der Waals surface area contributed by atoms with Gasteiger partial charge >= 0.3 is 62.6 Å². The molecule has 744 valence electrons. The zero-order valence-electron chi connectivity index (χ0n) is 74.0. The van der Waals surface area contributed by atoms with E-state index in [2.05, 4.69) is 74.8 Å². The normalized spacial score (nSPS) is 30.0. The van der Waals surface area contributed by atoms with Crippen LogP contribution in [0, 0.1) is 0 Å². The van der Waals surface area contributed by atoms with Gasteiger partial charge in [0, 0.05) is 104 Å². The zero-order chi connectivity index (χ0) is 97.4. The molecule has 0 radical (unpaired) electrons. The van der Waals surface area contributed by atoms with Gasteiger partial charge in [-0.2, -0.15) is 15.0 Å². The highest BCUT2D eigenvalue weighted by atomic mass is 31.2. The Morgan fingerprint density at radius 3 is 0.761 bits per heavy atom. The molecule has 7 aliphatic rings. The summed E-state index contributed by atoms with van der Waals surface area (Å²) in [6.07, 6.45) is -10.8. The molecule has 0 unspecified atom stereocenters. The Hall–Kier alpha value is -10.0. The molecule has 11 aromatic rings. The molecule has 65 heteroatoms. The summed E-state index contributed by atoms with van der Waals surface area (Å²) in [5.41, 5.74) is 41.6. The molecular formula is C73H97N29O30P6. The largest absolute Gasteiger partial charge is 0.394 e. The van der Waals surface area contributed by atoms with E-state index >= 15 is 13.7 Å². The lowest BCUT2D eigenvalue weighted by Crippen LogP contribution is -2.32. The minimum Gasteiger partial charge on any atom is -0.394 e. The summed E-state index contributed by atoms with van der Waals surface area (Å²) in [4.78, 5) is 102. The van der Waals surface area contributed by atoms with Crippen LogP contribution in [-0.2, 0) is 115 Å². The molecular weight excluding hydrogens is 1950 g/mol. The van der Waals surface area contributed by atoms with E-state index < -0.39 is 238 Å². The maximum absolute atomic E-state index is 15.3. The third-order valence-corrected chi connectivity index (χ3v) is 31.2. The van der Waals surface area contributed by atoms with Crippen LogP contribution in [0.15, 0.2) is 102 Å². The highest BCUT2D eigenvalue weighted by Crippen LogP contribution is 2.58. The lowest BCUT2D eigenvalue weighted by atomic mass is 10.2. The van der Waals surface area contributed by atoms with Gasteiger partial charge in [0.05, 0.1) is 114 Å². The molecule has 11 aromatic heterocycles. The number of nitrogen functional groups attached to an aromatic ring is 7. The molecule has 7 fully saturated rings. The first kappa shape index (κ1) is 98.2. The molecule has 0 aromatic carbocycles. The number of nitrogens with two attached hydrogens (primary N) is 7. The van der Waals surface area contributed by atoms with Crippen LogP contribution in [0.5, 0.6) is 0 Å². The Morgan fingerprint density at radius 2 is 0.522 bits per heavy atom. The SMILES string of the molecule is C[P@](=O)(OC[C@H]1O[C@@H](n2ccc(N)nc2=O)C[C@@H]1O[P@@](C)(=O)OC[C@H]1O[C@@H](n2cnc3c(N)ncnc32)C[C@@H]1O[P@@](C)(=O)OC[C@H]1O[C@@H](n2cnc3c(N)ncnc32)C[C@@H]1O[P@@](C)(=O)OC[C@H]1O[C@@H](n2cnc3c(N)ncnc32)C[C@@H]1O[P@@](C)(=O)OC[C@H]1O[C@@H](n2ccc(N)nc2=O)C[C@@H]1O[P@](C)(=O)OC[C@H]1O[C@@H](n2cnc3c(N)ncnc32)C[C@@H]1O)O[C@H]1C[C@H](n2ccc(N)nc2=O)O[C@@H]1CO. The fraction of sp³-hybridized carbons (Fsp3) is 0.562. The van der Waals surface area contributed by atoms with Crippen LogP contribution in [0.3, 0.4) is 0 Å². The van der Waals surface area contributed by atoms with E-state index in [0.29, 0.717) is 11.2 Å². The van der Waals surface area contributed by atoms with Crippen molar-refractivity contribution in [2.75, 3.05) is 126 Å². The van der Waals surface area contributed by atoms with Gasteiger partial charge in [0.15, 0.2) is 45.9 Å². The van der Waals surface area contributed by atoms with Crippen molar-refractivity contribution in [3.05, 3.63) is 119 Å². The molecule has 18 heterocycles. The third-order valence-electron chi connectivity index (χ3n) is 23.5. The van der Waals surface area contributed by atoms with Crippen LogP contribution in [-0.4, -0.2) is 289 Å². The second kappa shape index (κ2) is 39.5. The van der Waals surface area contributed by atoms with E-state index in [4.69, 9.17) is 128 Å². The van der Waals surface area contributed by atoms with Crippen molar-refractivity contribution in [1.82, 2.24) is 107 Å². The molecule has 7 aliphatic heterocycles. The number of hydrogen-bond donors (Lipinski definition) is 9. The number of nitrogens with zero attached hydrogens (tertiary/aromatic N) is 22. The molecule has 0 saturated carbocycles. The van der Waals surface area contributed by atoms with Gasteiger partial charge in [-0.05, 0) is 18.2 Å². The number of aliphatic hydroxyl groups excluding tert-OH is 2. The first-order valence-corrected chi connectivity index (χ1v) is 54.6. The molecule has 59 nitrogen and oxygen atoms in total. The van der Waals surface area contributed by atoms with E-state index in [1.54, 1.807) is 4.57 Å². The van der Waals surface area contributed by atoms with E-state index in [1.807, 2.05) is 0 Å². The van der Waals surface area contributed by atoms with Gasteiger partial charge in [0.2, 0.25) is 0 Å². The number of ether oxygens (including phenoxy) is 7. The van der Waals surface area contributed by atoms with Crippen LogP contribution in [0.4, 0.5) is 40.7 Å². The quantitative estimate of drug-likeness (QED) is 0.0251. The second-order valence-corrected chi connectivity index (χ2v) is 45.6. The monoisotopic (exact) mass is 2050 g/mol. The summed E-state index contributed by atoms with van der Waals surface area (Å²) in [6.45, 7) is 2.84. The smallest absolute Gasteiger partial charge is 0.351 e. The Kier molecular flexibility index (Phi) is 28.1. The molecule has 7 saturated heterocycles. The first-order chi connectivity index (χ1) is 65.6. The van der Waals surface area contributed by atoms with Gasteiger partial charge in [-0.1, -0.05) is 0 Å². The van der Waals surface area contributed by atoms with Crippen LogP contribution < -0.4 is 57.2 Å². The summed E-state index contributed by atoms with van der Waals surface area (Å²) in [7, 11) is -26.1. The average Bonchev–Trinajstić information content (AvgIpc) is 1.62. The standard InChI is InChI=1S/C73H97N29O30P6/c1-133(108,114-21-43-35(104)13-52(121-43)99-31-89-59-63(77)81-27-85-67(59)99)128-37-15-54(97-11-8-50(75)94-72(97)106)123-45(37)23-116-136(4,111)130-39-17-56(100-32-90-60-64(78)82-28-86-68(60)100)125-47(39)25-118-138(6,113)132-41-19-58(102-34-92-62-66(80)84-30-88-70(62)102)126-48(41)26-119-137(5,112)131-40-18-57(101-33-91-61-65(79)83-29-87-69(61)101)124-46(40)24-117-135(3,110)129-38-16-55(98-12-9-51(76)95-73(98)107)122-44(38)22-115-134(2,109)127-36-14-53(120-42(36)20-103)96-10-7-49(74)93-71(96)105/h7-12,27-48,52-58,103-104H,13-26H2,1-6H3,(H2,74,93,105)(H2,75,94,106)(H2,76,95,107)(H2,77,81,85)(H2,78,82,86)(H2,79,83,87)(H2,80,84,88)/t35-,36-,37-,38-,39-,40-,41-,42+,43+,44+,45+,46+,47+,48+,52+,53+,54+,55+,56+,57+,58+,133+,134-,135-,136-,137-,138-/m0/s1. The topological polar surface area (TPSA) is 779 Å². The Balaban J connectivity index is 0.554. The number of aliphatic hydroxyl groups is 2. The molecule has 0 spiro atoms.